The maximum atomic E-state index is 5.08. The fraction of sp³-hybridized carbons (Fsp3) is 0.615. The number of rotatable bonds is 7. The minimum absolute atomic E-state index is 0.307. The van der Waals surface area contributed by atoms with E-state index >= 15 is 0 Å². The number of nitrogens with zero attached hydrogens (tertiary/aromatic N) is 1. The highest BCUT2D eigenvalue weighted by molar-refractivity contribution is 8.00. The van der Waals surface area contributed by atoms with Gasteiger partial charge in [-0.1, -0.05) is 13.8 Å². The van der Waals surface area contributed by atoms with Gasteiger partial charge in [0.2, 0.25) is 0 Å². The summed E-state index contributed by atoms with van der Waals surface area (Å²) in [6, 6.07) is 3.88. The first-order chi connectivity index (χ1) is 8.19. The van der Waals surface area contributed by atoms with Crippen molar-refractivity contribution in [1.82, 2.24) is 4.98 Å². The molecule has 1 aromatic heterocycles. The maximum absolute atomic E-state index is 5.08. The summed E-state index contributed by atoms with van der Waals surface area (Å²) in [7, 11) is 1.65. The molecule has 0 radical (unpaired) electrons. The van der Waals surface area contributed by atoms with Crippen LogP contribution in [0.5, 0.6) is 5.75 Å². The molecule has 3 nitrogen and oxygen atoms in total. The fourth-order valence-corrected chi connectivity index (χ4v) is 2.51. The Morgan fingerprint density at radius 1 is 1.35 bits per heavy atom. The number of methoxy groups -OCH3 is 1. The second-order valence-corrected chi connectivity index (χ2v) is 5.31. The minimum atomic E-state index is 0.307. The lowest BCUT2D eigenvalue weighted by atomic mass is 10.0. The summed E-state index contributed by atoms with van der Waals surface area (Å²) in [5, 5.41) is 3.40. The maximum Gasteiger partial charge on any atom is 0.137 e. The molecule has 0 unspecified atom stereocenters. The number of ether oxygens (including phenoxy) is 1. The first-order valence-corrected chi connectivity index (χ1v) is 7.21. The van der Waals surface area contributed by atoms with Crippen LogP contribution >= 0.6 is 11.8 Å². The molecule has 1 N–H and O–H groups in total. The van der Waals surface area contributed by atoms with Gasteiger partial charge in [0, 0.05) is 11.3 Å². The average Bonchev–Trinajstić information content (AvgIpc) is 2.41. The first-order valence-electron chi connectivity index (χ1n) is 5.98. The molecule has 0 aliphatic rings. The van der Waals surface area contributed by atoms with E-state index in [4.69, 9.17) is 4.74 Å². The molecular weight excluding hydrogens is 232 g/mol. The number of aromatic nitrogens is 1. The topological polar surface area (TPSA) is 34.1 Å². The number of hydrogen-bond acceptors (Lipinski definition) is 4. The predicted molar refractivity (Wildman–Crippen MR) is 76.1 cm³/mol. The third-order valence-corrected chi connectivity index (χ3v) is 4.87. The van der Waals surface area contributed by atoms with E-state index in [-0.39, 0.29) is 0 Å². The van der Waals surface area contributed by atoms with Crippen molar-refractivity contribution in [3.8, 4) is 5.75 Å². The van der Waals surface area contributed by atoms with Gasteiger partial charge in [0.05, 0.1) is 13.3 Å². The zero-order valence-corrected chi connectivity index (χ0v) is 11.9. The molecule has 1 rings (SSSR count). The van der Waals surface area contributed by atoms with Gasteiger partial charge in [0.25, 0.3) is 0 Å². The van der Waals surface area contributed by atoms with Crippen LogP contribution < -0.4 is 10.1 Å². The van der Waals surface area contributed by atoms with Crippen LogP contribution in [0.15, 0.2) is 18.3 Å². The van der Waals surface area contributed by atoms with Crippen LogP contribution in [0, 0.1) is 0 Å². The lowest BCUT2D eigenvalue weighted by Gasteiger charge is -2.30. The normalized spacial score (nSPS) is 11.3. The number of hydrogen-bond donors (Lipinski definition) is 1. The molecule has 0 amide bonds. The van der Waals surface area contributed by atoms with Gasteiger partial charge in [-0.2, -0.15) is 11.8 Å². The first kappa shape index (κ1) is 14.2. The second kappa shape index (κ2) is 6.74. The lowest BCUT2D eigenvalue weighted by Crippen LogP contribution is -2.32. The second-order valence-electron chi connectivity index (χ2n) is 4.03. The molecule has 1 aromatic rings. The van der Waals surface area contributed by atoms with E-state index in [2.05, 4.69) is 30.4 Å². The number of pyridine rings is 1. The van der Waals surface area contributed by atoms with Crippen molar-refractivity contribution in [2.45, 2.75) is 31.4 Å². The van der Waals surface area contributed by atoms with Crippen molar-refractivity contribution in [1.29, 1.82) is 0 Å². The van der Waals surface area contributed by atoms with Crippen molar-refractivity contribution < 1.29 is 4.74 Å². The monoisotopic (exact) mass is 254 g/mol. The molecule has 0 bridgehead atoms. The minimum Gasteiger partial charge on any atom is -0.495 e. The van der Waals surface area contributed by atoms with E-state index < -0.39 is 0 Å². The summed E-state index contributed by atoms with van der Waals surface area (Å²) in [4.78, 5) is 4.31. The molecule has 1 heterocycles. The zero-order chi connectivity index (χ0) is 12.7. The molecule has 0 aliphatic heterocycles. The van der Waals surface area contributed by atoms with Crippen LogP contribution in [0.1, 0.15) is 26.7 Å². The Bertz CT molecular complexity index is 314. The molecule has 0 saturated heterocycles. The van der Waals surface area contributed by atoms with Gasteiger partial charge in [-0.15, -0.1) is 0 Å². The quantitative estimate of drug-likeness (QED) is 0.808. The Morgan fingerprint density at radius 3 is 2.47 bits per heavy atom. The molecule has 0 aromatic carbocycles. The molecule has 0 fully saturated rings. The van der Waals surface area contributed by atoms with Gasteiger partial charge in [-0.3, -0.25) is 0 Å². The van der Waals surface area contributed by atoms with Crippen LogP contribution in [0.4, 0.5) is 5.82 Å². The Morgan fingerprint density at radius 2 is 2.06 bits per heavy atom. The fourth-order valence-electron chi connectivity index (χ4n) is 1.72. The smallest absolute Gasteiger partial charge is 0.137 e. The van der Waals surface area contributed by atoms with E-state index in [0.717, 1.165) is 31.0 Å². The highest BCUT2D eigenvalue weighted by Crippen LogP contribution is 2.30. The SMILES string of the molecule is CCC(CC)(CNc1ccc(OC)cn1)SC. The Hall–Kier alpha value is -0.900. The van der Waals surface area contributed by atoms with Crippen LogP contribution in [0.2, 0.25) is 0 Å². The number of anilines is 1. The summed E-state index contributed by atoms with van der Waals surface area (Å²) in [6.07, 6.45) is 6.23. The van der Waals surface area contributed by atoms with E-state index in [0.29, 0.717) is 4.75 Å². The van der Waals surface area contributed by atoms with Crippen LogP contribution in [-0.2, 0) is 0 Å². The van der Waals surface area contributed by atoms with Gasteiger partial charge in [-0.25, -0.2) is 4.98 Å². The van der Waals surface area contributed by atoms with Crippen molar-refractivity contribution in [3.05, 3.63) is 18.3 Å². The molecular formula is C13H22N2OS. The van der Waals surface area contributed by atoms with Gasteiger partial charge in [-0.05, 0) is 31.2 Å². The highest BCUT2D eigenvalue weighted by Gasteiger charge is 2.24. The Labute approximate surface area is 108 Å². The predicted octanol–water partition coefficient (Wildman–Crippen LogP) is 3.42. The van der Waals surface area contributed by atoms with E-state index in [9.17, 15) is 0 Å². The number of nitrogens with one attached hydrogen (secondary N) is 1. The van der Waals surface area contributed by atoms with Crippen molar-refractivity contribution in [2.75, 3.05) is 25.2 Å². The summed E-state index contributed by atoms with van der Waals surface area (Å²) in [6.45, 7) is 5.42. The third-order valence-electron chi connectivity index (χ3n) is 3.29. The van der Waals surface area contributed by atoms with Gasteiger partial charge in [0.15, 0.2) is 0 Å². The molecule has 17 heavy (non-hydrogen) atoms. The summed E-state index contributed by atoms with van der Waals surface area (Å²) >= 11 is 1.93. The van der Waals surface area contributed by atoms with Crippen LogP contribution in [-0.4, -0.2) is 29.6 Å². The molecule has 0 atom stereocenters. The van der Waals surface area contributed by atoms with Crippen molar-refractivity contribution >= 4 is 17.6 Å². The largest absolute Gasteiger partial charge is 0.495 e. The Kier molecular flexibility index (Phi) is 5.62. The standard InChI is InChI=1S/C13H22N2OS/c1-5-13(6-2,17-4)10-15-12-8-7-11(16-3)9-14-12/h7-9H,5-6,10H2,1-4H3,(H,14,15). The van der Waals surface area contributed by atoms with Crippen molar-refractivity contribution in [2.24, 2.45) is 0 Å². The number of thioether (sulfide) groups is 1. The molecule has 96 valence electrons. The van der Waals surface area contributed by atoms with Gasteiger partial charge in [0.1, 0.15) is 11.6 Å². The van der Waals surface area contributed by atoms with E-state index in [1.165, 1.54) is 0 Å². The van der Waals surface area contributed by atoms with Crippen LogP contribution in [0.3, 0.4) is 0 Å². The van der Waals surface area contributed by atoms with Crippen molar-refractivity contribution in [3.63, 3.8) is 0 Å². The highest BCUT2D eigenvalue weighted by atomic mass is 32.2. The van der Waals surface area contributed by atoms with Crippen LogP contribution in [0.25, 0.3) is 0 Å². The molecule has 0 spiro atoms. The Balaban J connectivity index is 2.59. The molecule has 0 aliphatic carbocycles. The zero-order valence-electron chi connectivity index (χ0n) is 11.1. The average molecular weight is 254 g/mol. The van der Waals surface area contributed by atoms with E-state index in [1.54, 1.807) is 13.3 Å². The summed E-state index contributed by atoms with van der Waals surface area (Å²) in [5.74, 6) is 1.70. The molecule has 0 saturated carbocycles. The third kappa shape index (κ3) is 3.80. The van der Waals surface area contributed by atoms with E-state index in [1.807, 2.05) is 23.9 Å². The van der Waals surface area contributed by atoms with Gasteiger partial charge >= 0.3 is 0 Å². The summed E-state index contributed by atoms with van der Waals surface area (Å²) in [5.41, 5.74) is 0. The lowest BCUT2D eigenvalue weighted by molar-refractivity contribution is 0.413. The molecule has 4 heteroatoms. The summed E-state index contributed by atoms with van der Waals surface area (Å²) < 4.78 is 5.39. The van der Waals surface area contributed by atoms with Gasteiger partial charge < -0.3 is 10.1 Å².